The number of aryl methyl sites for hydroxylation is 2. The second-order valence-corrected chi connectivity index (χ2v) is 8.15. The number of carbonyl (C=O) groups is 1. The zero-order valence-corrected chi connectivity index (χ0v) is 18.1. The van der Waals surface area contributed by atoms with Gasteiger partial charge in [-0.25, -0.2) is 4.98 Å². The van der Waals surface area contributed by atoms with Crippen LogP contribution in [0.4, 0.5) is 0 Å². The molecule has 0 radical (unpaired) electrons. The van der Waals surface area contributed by atoms with E-state index in [0.717, 1.165) is 63.3 Å². The van der Waals surface area contributed by atoms with Crippen molar-refractivity contribution in [2.24, 2.45) is 0 Å². The Hall–Kier alpha value is -2.92. The molecule has 162 valence electrons. The van der Waals surface area contributed by atoms with Gasteiger partial charge in [-0.3, -0.25) is 4.79 Å². The summed E-state index contributed by atoms with van der Waals surface area (Å²) in [6.45, 7) is 4.77. The third-order valence-electron chi connectivity index (χ3n) is 5.89. The van der Waals surface area contributed by atoms with E-state index in [1.807, 2.05) is 35.2 Å². The molecule has 0 spiro atoms. The van der Waals surface area contributed by atoms with Crippen molar-refractivity contribution < 1.29 is 9.21 Å². The summed E-state index contributed by atoms with van der Waals surface area (Å²) >= 11 is 0. The van der Waals surface area contributed by atoms with Crippen LogP contribution in [0.5, 0.6) is 0 Å². The fraction of sp³-hybridized carbons (Fsp3) is 0.385. The van der Waals surface area contributed by atoms with Crippen molar-refractivity contribution in [3.63, 3.8) is 0 Å². The Morgan fingerprint density at radius 1 is 0.903 bits per heavy atom. The summed E-state index contributed by atoms with van der Waals surface area (Å²) in [4.78, 5) is 21.6. The predicted octanol–water partition coefficient (Wildman–Crippen LogP) is 4.44. The molecule has 1 aliphatic heterocycles. The molecule has 5 heteroatoms. The van der Waals surface area contributed by atoms with Crippen LogP contribution in [0.3, 0.4) is 0 Å². The second-order valence-electron chi connectivity index (χ2n) is 8.15. The van der Waals surface area contributed by atoms with Crippen molar-refractivity contribution in [2.75, 3.05) is 32.7 Å². The molecule has 31 heavy (non-hydrogen) atoms. The van der Waals surface area contributed by atoms with Gasteiger partial charge in [0.1, 0.15) is 0 Å². The van der Waals surface area contributed by atoms with E-state index in [0.29, 0.717) is 18.7 Å². The van der Waals surface area contributed by atoms with Crippen molar-refractivity contribution >= 4 is 5.91 Å². The Morgan fingerprint density at radius 3 is 2.48 bits per heavy atom. The topological polar surface area (TPSA) is 49.6 Å². The quantitative estimate of drug-likeness (QED) is 0.544. The first-order chi connectivity index (χ1) is 15.3. The highest BCUT2D eigenvalue weighted by Crippen LogP contribution is 2.20. The Bertz CT molecular complexity index is 940. The van der Waals surface area contributed by atoms with Gasteiger partial charge in [-0.05, 0) is 37.9 Å². The van der Waals surface area contributed by atoms with Gasteiger partial charge in [0.05, 0.1) is 6.20 Å². The Labute approximate surface area is 184 Å². The summed E-state index contributed by atoms with van der Waals surface area (Å²) in [6, 6.07) is 20.6. The van der Waals surface area contributed by atoms with Crippen molar-refractivity contribution in [1.82, 2.24) is 14.8 Å². The summed E-state index contributed by atoms with van der Waals surface area (Å²) < 4.78 is 5.84. The Balaban J connectivity index is 1.19. The zero-order valence-electron chi connectivity index (χ0n) is 18.1. The molecule has 1 fully saturated rings. The second kappa shape index (κ2) is 10.9. The number of rotatable bonds is 8. The molecule has 0 N–H and O–H groups in total. The Morgan fingerprint density at radius 2 is 1.68 bits per heavy atom. The number of amides is 1. The molecule has 0 saturated carbocycles. The van der Waals surface area contributed by atoms with E-state index in [1.165, 1.54) is 5.56 Å². The number of benzene rings is 2. The summed E-state index contributed by atoms with van der Waals surface area (Å²) in [5.74, 6) is 1.58. The summed E-state index contributed by atoms with van der Waals surface area (Å²) in [7, 11) is 0. The first kappa shape index (κ1) is 21.3. The van der Waals surface area contributed by atoms with Crippen LogP contribution < -0.4 is 0 Å². The average molecular weight is 418 g/mol. The molecule has 3 aromatic rings. The van der Waals surface area contributed by atoms with E-state index in [2.05, 4.69) is 40.2 Å². The van der Waals surface area contributed by atoms with Gasteiger partial charge in [0, 0.05) is 38.0 Å². The SMILES string of the molecule is O=C(CCc1ncc(-c2ccccc2)o1)N1CCCN(CCCc2ccccc2)CC1. The molecule has 0 atom stereocenters. The molecule has 1 aliphatic rings. The lowest BCUT2D eigenvalue weighted by Crippen LogP contribution is -2.35. The van der Waals surface area contributed by atoms with E-state index in [9.17, 15) is 4.79 Å². The van der Waals surface area contributed by atoms with Gasteiger partial charge in [-0.2, -0.15) is 0 Å². The van der Waals surface area contributed by atoms with Crippen LogP contribution >= 0.6 is 0 Å². The predicted molar refractivity (Wildman–Crippen MR) is 123 cm³/mol. The van der Waals surface area contributed by atoms with Crippen molar-refractivity contribution in [1.29, 1.82) is 0 Å². The maximum Gasteiger partial charge on any atom is 0.223 e. The van der Waals surface area contributed by atoms with E-state index < -0.39 is 0 Å². The van der Waals surface area contributed by atoms with Gasteiger partial charge in [-0.15, -0.1) is 0 Å². The van der Waals surface area contributed by atoms with Crippen LogP contribution in [0.1, 0.15) is 30.7 Å². The van der Waals surface area contributed by atoms with Crippen LogP contribution in [0, 0.1) is 0 Å². The molecular weight excluding hydrogens is 386 g/mol. The van der Waals surface area contributed by atoms with Gasteiger partial charge < -0.3 is 14.2 Å². The molecule has 0 aliphatic carbocycles. The molecule has 2 aromatic carbocycles. The molecule has 1 amide bonds. The first-order valence-corrected chi connectivity index (χ1v) is 11.3. The fourth-order valence-electron chi connectivity index (χ4n) is 4.13. The number of hydrogen-bond donors (Lipinski definition) is 0. The maximum atomic E-state index is 12.7. The van der Waals surface area contributed by atoms with Gasteiger partial charge in [0.25, 0.3) is 0 Å². The van der Waals surface area contributed by atoms with Gasteiger partial charge in [-0.1, -0.05) is 60.7 Å². The lowest BCUT2D eigenvalue weighted by molar-refractivity contribution is -0.131. The van der Waals surface area contributed by atoms with Crippen LogP contribution in [-0.2, 0) is 17.6 Å². The highest BCUT2D eigenvalue weighted by atomic mass is 16.4. The third-order valence-corrected chi connectivity index (χ3v) is 5.89. The minimum Gasteiger partial charge on any atom is -0.441 e. The lowest BCUT2D eigenvalue weighted by atomic mass is 10.1. The van der Waals surface area contributed by atoms with Gasteiger partial charge in [0.2, 0.25) is 5.91 Å². The minimum atomic E-state index is 0.200. The van der Waals surface area contributed by atoms with E-state index in [-0.39, 0.29) is 5.91 Å². The molecular formula is C26H31N3O2. The van der Waals surface area contributed by atoms with E-state index in [1.54, 1.807) is 6.20 Å². The van der Waals surface area contributed by atoms with Gasteiger partial charge in [0.15, 0.2) is 11.7 Å². The summed E-state index contributed by atoms with van der Waals surface area (Å²) in [6.07, 6.45) is 6.04. The highest BCUT2D eigenvalue weighted by molar-refractivity contribution is 5.76. The van der Waals surface area contributed by atoms with Crippen molar-refractivity contribution in [3.05, 3.63) is 78.3 Å². The summed E-state index contributed by atoms with van der Waals surface area (Å²) in [5.41, 5.74) is 2.41. The van der Waals surface area contributed by atoms with Crippen LogP contribution in [0.25, 0.3) is 11.3 Å². The van der Waals surface area contributed by atoms with Crippen LogP contribution in [0.2, 0.25) is 0 Å². The monoisotopic (exact) mass is 417 g/mol. The zero-order chi connectivity index (χ0) is 21.3. The normalized spacial score (nSPS) is 15.0. The third kappa shape index (κ3) is 6.28. The molecule has 0 bridgehead atoms. The first-order valence-electron chi connectivity index (χ1n) is 11.3. The molecule has 4 rings (SSSR count). The molecule has 5 nitrogen and oxygen atoms in total. The number of carbonyl (C=O) groups excluding carboxylic acids is 1. The molecule has 1 saturated heterocycles. The molecule has 2 heterocycles. The minimum absolute atomic E-state index is 0.200. The molecule has 1 aromatic heterocycles. The lowest BCUT2D eigenvalue weighted by Gasteiger charge is -2.22. The van der Waals surface area contributed by atoms with E-state index >= 15 is 0 Å². The highest BCUT2D eigenvalue weighted by Gasteiger charge is 2.19. The van der Waals surface area contributed by atoms with E-state index in [4.69, 9.17) is 4.42 Å². The average Bonchev–Trinajstić information content (AvgIpc) is 3.17. The van der Waals surface area contributed by atoms with Gasteiger partial charge >= 0.3 is 0 Å². The molecule has 0 unspecified atom stereocenters. The summed E-state index contributed by atoms with van der Waals surface area (Å²) in [5, 5.41) is 0. The van der Waals surface area contributed by atoms with Crippen LogP contribution in [-0.4, -0.2) is 53.4 Å². The largest absolute Gasteiger partial charge is 0.441 e. The Kier molecular flexibility index (Phi) is 7.51. The number of aromatic nitrogens is 1. The van der Waals surface area contributed by atoms with Crippen molar-refractivity contribution in [3.8, 4) is 11.3 Å². The number of oxazole rings is 1. The number of nitrogens with zero attached hydrogens (tertiary/aromatic N) is 3. The standard InChI is InChI=1S/C26H31N3O2/c30-26(15-14-25-27-21-24(31-25)23-12-5-2-6-13-23)29-18-8-17-28(19-20-29)16-7-11-22-9-3-1-4-10-22/h1-6,9-10,12-13,21H,7-8,11,14-20H2. The van der Waals surface area contributed by atoms with Crippen molar-refractivity contribution in [2.45, 2.75) is 32.1 Å². The smallest absolute Gasteiger partial charge is 0.223 e. The fourth-order valence-corrected chi connectivity index (χ4v) is 4.13. The van der Waals surface area contributed by atoms with Crippen LogP contribution in [0.15, 0.2) is 71.3 Å². The maximum absolute atomic E-state index is 12.7. The number of hydrogen-bond acceptors (Lipinski definition) is 4.